The molecule has 0 fully saturated rings. The van der Waals surface area contributed by atoms with Gasteiger partial charge in [-0.25, -0.2) is 0 Å². The molecule has 0 atom stereocenters. The van der Waals surface area contributed by atoms with Crippen LogP contribution in [0.3, 0.4) is 0 Å². The van der Waals surface area contributed by atoms with E-state index in [-0.39, 0.29) is 5.91 Å². The minimum absolute atomic E-state index is 0.175. The van der Waals surface area contributed by atoms with Gasteiger partial charge < -0.3 is 15.8 Å². The summed E-state index contributed by atoms with van der Waals surface area (Å²) in [6.07, 6.45) is 0. The molecule has 0 spiro atoms. The summed E-state index contributed by atoms with van der Waals surface area (Å²) >= 11 is 5.78. The Morgan fingerprint density at radius 2 is 1.95 bits per heavy atom. The van der Waals surface area contributed by atoms with Crippen LogP contribution in [0, 0.1) is 0 Å². The van der Waals surface area contributed by atoms with Crippen LogP contribution in [0.1, 0.15) is 15.9 Å². The summed E-state index contributed by atoms with van der Waals surface area (Å²) in [6, 6.07) is 12.0. The first-order valence-electron chi connectivity index (χ1n) is 6.06. The maximum atomic E-state index is 12.0. The lowest BCUT2D eigenvalue weighted by atomic mass is 10.1. The van der Waals surface area contributed by atoms with Crippen molar-refractivity contribution in [3.63, 3.8) is 0 Å². The van der Waals surface area contributed by atoms with Crippen molar-refractivity contribution >= 4 is 23.2 Å². The number of carbonyl (C=O) groups excluding carboxylic acids is 1. The molecule has 0 saturated heterocycles. The van der Waals surface area contributed by atoms with E-state index in [1.165, 1.54) is 0 Å². The number of methoxy groups -OCH3 is 1. The van der Waals surface area contributed by atoms with E-state index in [1.807, 2.05) is 0 Å². The predicted molar refractivity (Wildman–Crippen MR) is 80.0 cm³/mol. The second-order valence-corrected chi connectivity index (χ2v) is 4.70. The Bertz CT molecular complexity index is 612. The lowest BCUT2D eigenvalue weighted by molar-refractivity contribution is 0.0950. The molecule has 0 aliphatic rings. The number of rotatable bonds is 4. The smallest absolute Gasteiger partial charge is 0.251 e. The second kappa shape index (κ2) is 6.30. The van der Waals surface area contributed by atoms with Gasteiger partial charge >= 0.3 is 0 Å². The number of anilines is 1. The number of benzene rings is 2. The van der Waals surface area contributed by atoms with Crippen LogP contribution in [-0.2, 0) is 6.54 Å². The van der Waals surface area contributed by atoms with Gasteiger partial charge in [-0.3, -0.25) is 4.79 Å². The minimum atomic E-state index is -0.175. The zero-order chi connectivity index (χ0) is 14.5. The fraction of sp³-hybridized carbons (Fsp3) is 0.133. The average molecular weight is 291 g/mol. The van der Waals surface area contributed by atoms with Crippen molar-refractivity contribution in [3.8, 4) is 5.75 Å². The van der Waals surface area contributed by atoms with Crippen molar-refractivity contribution in [1.29, 1.82) is 0 Å². The summed E-state index contributed by atoms with van der Waals surface area (Å²) in [7, 11) is 1.58. The van der Waals surface area contributed by atoms with E-state index in [0.717, 1.165) is 5.56 Å². The predicted octanol–water partition coefficient (Wildman–Crippen LogP) is 2.86. The molecule has 0 bridgehead atoms. The number of carbonyl (C=O) groups is 1. The third-order valence-corrected chi connectivity index (χ3v) is 3.10. The molecule has 1 amide bonds. The van der Waals surface area contributed by atoms with Gasteiger partial charge in [0.15, 0.2) is 0 Å². The molecule has 0 aliphatic heterocycles. The molecule has 2 aromatic rings. The molecule has 2 rings (SSSR count). The SMILES string of the molecule is COc1ccc(N)cc1CNC(=O)c1ccc(Cl)cc1. The molecule has 0 saturated carbocycles. The van der Waals surface area contributed by atoms with Crippen LogP contribution in [-0.4, -0.2) is 13.0 Å². The number of nitrogens with one attached hydrogen (secondary N) is 1. The second-order valence-electron chi connectivity index (χ2n) is 4.26. The average Bonchev–Trinajstić information content (AvgIpc) is 2.45. The summed E-state index contributed by atoms with van der Waals surface area (Å²) < 4.78 is 5.23. The van der Waals surface area contributed by atoms with Gasteiger partial charge in [-0.05, 0) is 42.5 Å². The van der Waals surface area contributed by atoms with Gasteiger partial charge in [-0.2, -0.15) is 0 Å². The van der Waals surface area contributed by atoms with Gasteiger partial charge in [0.05, 0.1) is 7.11 Å². The van der Waals surface area contributed by atoms with Gasteiger partial charge in [-0.1, -0.05) is 11.6 Å². The van der Waals surface area contributed by atoms with Crippen LogP contribution >= 0.6 is 11.6 Å². The third kappa shape index (κ3) is 3.42. The zero-order valence-corrected chi connectivity index (χ0v) is 11.8. The molecule has 104 valence electrons. The molecule has 0 heterocycles. The minimum Gasteiger partial charge on any atom is -0.496 e. The molecular weight excluding hydrogens is 276 g/mol. The summed E-state index contributed by atoms with van der Waals surface area (Å²) in [5, 5.41) is 3.42. The Labute approximate surface area is 122 Å². The highest BCUT2D eigenvalue weighted by Crippen LogP contribution is 2.21. The number of ether oxygens (including phenoxy) is 1. The van der Waals surface area contributed by atoms with Crippen molar-refractivity contribution < 1.29 is 9.53 Å². The molecule has 20 heavy (non-hydrogen) atoms. The highest BCUT2D eigenvalue weighted by Gasteiger charge is 2.08. The number of hydrogen-bond acceptors (Lipinski definition) is 3. The lowest BCUT2D eigenvalue weighted by Crippen LogP contribution is -2.23. The molecule has 5 heteroatoms. The molecule has 0 aromatic heterocycles. The maximum Gasteiger partial charge on any atom is 0.251 e. The summed E-state index contributed by atoms with van der Waals surface area (Å²) in [5.41, 5.74) is 7.74. The van der Waals surface area contributed by atoms with Crippen molar-refractivity contribution in [1.82, 2.24) is 5.32 Å². The first-order chi connectivity index (χ1) is 9.60. The van der Waals surface area contributed by atoms with Crippen molar-refractivity contribution in [2.45, 2.75) is 6.54 Å². The lowest BCUT2D eigenvalue weighted by Gasteiger charge is -2.10. The molecule has 0 aliphatic carbocycles. The van der Waals surface area contributed by atoms with Gasteiger partial charge in [-0.15, -0.1) is 0 Å². The Morgan fingerprint density at radius 1 is 1.25 bits per heavy atom. The highest BCUT2D eigenvalue weighted by molar-refractivity contribution is 6.30. The number of amides is 1. The summed E-state index contributed by atoms with van der Waals surface area (Å²) in [5.74, 6) is 0.516. The van der Waals surface area contributed by atoms with Crippen LogP contribution in [0.25, 0.3) is 0 Å². The van der Waals surface area contributed by atoms with Crippen molar-refractivity contribution in [2.75, 3.05) is 12.8 Å². The number of halogens is 1. The first kappa shape index (κ1) is 14.2. The molecule has 0 unspecified atom stereocenters. The number of nitrogen functional groups attached to an aromatic ring is 1. The normalized spacial score (nSPS) is 10.1. The third-order valence-electron chi connectivity index (χ3n) is 2.85. The molecular formula is C15H15ClN2O2. The molecule has 4 nitrogen and oxygen atoms in total. The molecule has 2 aromatic carbocycles. The number of hydrogen-bond donors (Lipinski definition) is 2. The van der Waals surface area contributed by atoms with Crippen molar-refractivity contribution in [2.24, 2.45) is 0 Å². The van der Waals surface area contributed by atoms with E-state index >= 15 is 0 Å². The Morgan fingerprint density at radius 3 is 2.60 bits per heavy atom. The van der Waals surface area contributed by atoms with E-state index in [2.05, 4.69) is 5.32 Å². The maximum absolute atomic E-state index is 12.0. The van der Waals surface area contributed by atoms with Crippen molar-refractivity contribution in [3.05, 3.63) is 58.6 Å². The van der Waals surface area contributed by atoms with E-state index in [1.54, 1.807) is 49.6 Å². The van der Waals surface area contributed by atoms with Crippen LogP contribution in [0.5, 0.6) is 5.75 Å². The fourth-order valence-corrected chi connectivity index (χ4v) is 1.94. The largest absolute Gasteiger partial charge is 0.496 e. The van der Waals surface area contributed by atoms with Crippen LogP contribution < -0.4 is 15.8 Å². The Hall–Kier alpha value is -2.20. The van der Waals surface area contributed by atoms with Crippen LogP contribution in [0.15, 0.2) is 42.5 Å². The topological polar surface area (TPSA) is 64.3 Å². The highest BCUT2D eigenvalue weighted by atomic mass is 35.5. The Kier molecular flexibility index (Phi) is 4.48. The summed E-state index contributed by atoms with van der Waals surface area (Å²) in [4.78, 5) is 12.0. The van der Waals surface area contributed by atoms with Gasteiger partial charge in [0.1, 0.15) is 5.75 Å². The van der Waals surface area contributed by atoms with Gasteiger partial charge in [0.25, 0.3) is 5.91 Å². The van der Waals surface area contributed by atoms with Gasteiger partial charge in [0, 0.05) is 28.4 Å². The fourth-order valence-electron chi connectivity index (χ4n) is 1.82. The first-order valence-corrected chi connectivity index (χ1v) is 6.44. The standard InChI is InChI=1S/C15H15ClN2O2/c1-20-14-7-6-13(17)8-11(14)9-18-15(19)10-2-4-12(16)5-3-10/h2-8H,9,17H2,1H3,(H,18,19). The van der Waals surface area contributed by atoms with E-state index in [4.69, 9.17) is 22.1 Å². The zero-order valence-electron chi connectivity index (χ0n) is 11.0. The van der Waals surface area contributed by atoms with E-state index < -0.39 is 0 Å². The monoisotopic (exact) mass is 290 g/mol. The van der Waals surface area contributed by atoms with Crippen LogP contribution in [0.2, 0.25) is 5.02 Å². The molecule has 0 radical (unpaired) electrons. The van der Waals surface area contributed by atoms with Crippen LogP contribution in [0.4, 0.5) is 5.69 Å². The summed E-state index contributed by atoms with van der Waals surface area (Å²) in [6.45, 7) is 0.343. The van der Waals surface area contributed by atoms with Gasteiger partial charge in [0.2, 0.25) is 0 Å². The Balaban J connectivity index is 2.06. The number of nitrogens with two attached hydrogens (primary N) is 1. The van der Waals surface area contributed by atoms with E-state index in [9.17, 15) is 4.79 Å². The quantitative estimate of drug-likeness (QED) is 0.851. The molecule has 3 N–H and O–H groups in total. The van der Waals surface area contributed by atoms with E-state index in [0.29, 0.717) is 28.6 Å².